The molecule has 0 radical (unpaired) electrons. The Kier molecular flexibility index (Phi) is 5.53. The van der Waals surface area contributed by atoms with Crippen molar-refractivity contribution >= 4 is 17.4 Å². The molecular weight excluding hydrogens is 222 g/mol. The molecular formula is C12H20ClN3. The zero-order chi connectivity index (χ0) is 12.0. The standard InChI is InChI=1S/C12H20ClN3/c1-4-7-9(5-2)14-12-8-10(13)15-11(6-3)16-12/h8-9H,4-7H2,1-3H3,(H,14,15,16). The number of halogens is 1. The van der Waals surface area contributed by atoms with Gasteiger partial charge in [0.15, 0.2) is 0 Å². The maximum Gasteiger partial charge on any atom is 0.134 e. The van der Waals surface area contributed by atoms with Crippen LogP contribution in [0.3, 0.4) is 0 Å². The van der Waals surface area contributed by atoms with E-state index in [1.54, 1.807) is 6.07 Å². The number of aromatic nitrogens is 2. The van der Waals surface area contributed by atoms with Crippen LogP contribution in [0.25, 0.3) is 0 Å². The molecule has 0 aliphatic heterocycles. The molecule has 0 aromatic carbocycles. The van der Waals surface area contributed by atoms with Crippen molar-refractivity contribution in [2.75, 3.05) is 5.32 Å². The first-order valence-corrected chi connectivity index (χ1v) is 6.37. The Morgan fingerprint density at radius 2 is 2.06 bits per heavy atom. The Hall–Kier alpha value is -0.830. The summed E-state index contributed by atoms with van der Waals surface area (Å²) in [7, 11) is 0. The van der Waals surface area contributed by atoms with E-state index >= 15 is 0 Å². The molecule has 1 N–H and O–H groups in total. The van der Waals surface area contributed by atoms with Crippen LogP contribution in [0.4, 0.5) is 5.82 Å². The lowest BCUT2D eigenvalue weighted by Crippen LogP contribution is -2.19. The number of rotatable bonds is 6. The van der Waals surface area contributed by atoms with Gasteiger partial charge in [-0.05, 0) is 12.8 Å². The number of anilines is 1. The van der Waals surface area contributed by atoms with Crippen LogP contribution in [0.2, 0.25) is 5.15 Å². The van der Waals surface area contributed by atoms with E-state index < -0.39 is 0 Å². The van der Waals surface area contributed by atoms with Gasteiger partial charge in [-0.25, -0.2) is 9.97 Å². The Morgan fingerprint density at radius 3 is 2.62 bits per heavy atom. The van der Waals surface area contributed by atoms with Gasteiger partial charge in [0.1, 0.15) is 16.8 Å². The fraction of sp³-hybridized carbons (Fsp3) is 0.667. The summed E-state index contributed by atoms with van der Waals surface area (Å²) in [5.74, 6) is 1.64. The van der Waals surface area contributed by atoms with Gasteiger partial charge in [0.25, 0.3) is 0 Å². The summed E-state index contributed by atoms with van der Waals surface area (Å²) >= 11 is 5.94. The summed E-state index contributed by atoms with van der Waals surface area (Å²) in [6.45, 7) is 6.39. The molecule has 1 atom stereocenters. The molecule has 0 spiro atoms. The first-order chi connectivity index (χ1) is 7.69. The molecule has 0 fully saturated rings. The second-order valence-electron chi connectivity index (χ2n) is 3.88. The van der Waals surface area contributed by atoms with E-state index in [4.69, 9.17) is 11.6 Å². The number of nitrogens with zero attached hydrogens (tertiary/aromatic N) is 2. The van der Waals surface area contributed by atoms with Crippen molar-refractivity contribution in [3.8, 4) is 0 Å². The third-order valence-electron chi connectivity index (χ3n) is 2.54. The average molecular weight is 242 g/mol. The minimum atomic E-state index is 0.473. The van der Waals surface area contributed by atoms with Crippen molar-refractivity contribution < 1.29 is 0 Å². The highest BCUT2D eigenvalue weighted by molar-refractivity contribution is 6.29. The fourth-order valence-electron chi connectivity index (χ4n) is 1.63. The number of hydrogen-bond donors (Lipinski definition) is 1. The molecule has 16 heavy (non-hydrogen) atoms. The monoisotopic (exact) mass is 241 g/mol. The molecule has 0 aliphatic rings. The number of aryl methyl sites for hydroxylation is 1. The molecule has 0 saturated carbocycles. The summed E-state index contributed by atoms with van der Waals surface area (Å²) in [6, 6.07) is 2.26. The van der Waals surface area contributed by atoms with Gasteiger partial charge < -0.3 is 5.32 Å². The van der Waals surface area contributed by atoms with Crippen molar-refractivity contribution in [3.05, 3.63) is 17.0 Å². The van der Waals surface area contributed by atoms with Crippen LogP contribution in [-0.4, -0.2) is 16.0 Å². The van der Waals surface area contributed by atoms with Crippen molar-refractivity contribution in [1.29, 1.82) is 0 Å². The zero-order valence-corrected chi connectivity index (χ0v) is 11.0. The van der Waals surface area contributed by atoms with Crippen LogP contribution in [-0.2, 0) is 6.42 Å². The maximum absolute atomic E-state index is 5.94. The normalized spacial score (nSPS) is 12.5. The molecule has 0 amide bonds. The Balaban J connectivity index is 2.74. The molecule has 90 valence electrons. The van der Waals surface area contributed by atoms with E-state index in [1.807, 2.05) is 6.92 Å². The summed E-state index contributed by atoms with van der Waals surface area (Å²) in [6.07, 6.45) is 4.22. The topological polar surface area (TPSA) is 37.8 Å². The van der Waals surface area contributed by atoms with E-state index in [2.05, 4.69) is 29.1 Å². The largest absolute Gasteiger partial charge is 0.367 e. The summed E-state index contributed by atoms with van der Waals surface area (Å²) in [4.78, 5) is 8.56. The van der Waals surface area contributed by atoms with Gasteiger partial charge in [-0.15, -0.1) is 0 Å². The van der Waals surface area contributed by atoms with Crippen molar-refractivity contribution in [3.63, 3.8) is 0 Å². The maximum atomic E-state index is 5.94. The smallest absolute Gasteiger partial charge is 0.134 e. The van der Waals surface area contributed by atoms with Crippen LogP contribution in [0.1, 0.15) is 45.9 Å². The zero-order valence-electron chi connectivity index (χ0n) is 10.3. The number of hydrogen-bond acceptors (Lipinski definition) is 3. The van der Waals surface area contributed by atoms with Gasteiger partial charge >= 0.3 is 0 Å². The van der Waals surface area contributed by atoms with E-state index in [-0.39, 0.29) is 0 Å². The van der Waals surface area contributed by atoms with Gasteiger partial charge in [0.05, 0.1) is 0 Å². The van der Waals surface area contributed by atoms with Crippen molar-refractivity contribution in [1.82, 2.24) is 9.97 Å². The van der Waals surface area contributed by atoms with Gasteiger partial charge in [0, 0.05) is 18.5 Å². The van der Waals surface area contributed by atoms with E-state index in [9.17, 15) is 0 Å². The molecule has 1 aromatic heterocycles. The third-order valence-corrected chi connectivity index (χ3v) is 2.73. The van der Waals surface area contributed by atoms with Gasteiger partial charge in [-0.3, -0.25) is 0 Å². The highest BCUT2D eigenvalue weighted by Crippen LogP contribution is 2.15. The van der Waals surface area contributed by atoms with Gasteiger partial charge in [-0.1, -0.05) is 38.8 Å². The molecule has 0 bridgehead atoms. The van der Waals surface area contributed by atoms with E-state index in [1.165, 1.54) is 6.42 Å². The molecule has 0 saturated heterocycles. The molecule has 1 heterocycles. The molecule has 4 heteroatoms. The SMILES string of the molecule is CCCC(CC)Nc1cc(Cl)nc(CC)n1. The van der Waals surface area contributed by atoms with Crippen LogP contribution >= 0.6 is 11.6 Å². The molecule has 1 aromatic rings. The van der Waals surface area contributed by atoms with Crippen LogP contribution in [0, 0.1) is 0 Å². The first kappa shape index (κ1) is 13.2. The van der Waals surface area contributed by atoms with Gasteiger partial charge in [0.2, 0.25) is 0 Å². The second kappa shape index (κ2) is 6.69. The average Bonchev–Trinajstić information content (AvgIpc) is 2.27. The fourth-order valence-corrected chi connectivity index (χ4v) is 1.83. The molecule has 0 aliphatic carbocycles. The quantitative estimate of drug-likeness (QED) is 0.772. The van der Waals surface area contributed by atoms with E-state index in [0.717, 1.165) is 30.9 Å². The van der Waals surface area contributed by atoms with Crippen LogP contribution in [0.5, 0.6) is 0 Å². The molecule has 3 nitrogen and oxygen atoms in total. The minimum Gasteiger partial charge on any atom is -0.367 e. The highest BCUT2D eigenvalue weighted by atomic mass is 35.5. The lowest BCUT2D eigenvalue weighted by molar-refractivity contribution is 0.619. The van der Waals surface area contributed by atoms with Crippen LogP contribution < -0.4 is 5.32 Å². The van der Waals surface area contributed by atoms with Crippen LogP contribution in [0.15, 0.2) is 6.07 Å². The summed E-state index contributed by atoms with van der Waals surface area (Å²) in [5, 5.41) is 3.92. The Morgan fingerprint density at radius 1 is 1.31 bits per heavy atom. The lowest BCUT2D eigenvalue weighted by atomic mass is 10.1. The highest BCUT2D eigenvalue weighted by Gasteiger charge is 2.07. The summed E-state index contributed by atoms with van der Waals surface area (Å²) in [5.41, 5.74) is 0. The molecule has 1 rings (SSSR count). The summed E-state index contributed by atoms with van der Waals surface area (Å²) < 4.78 is 0. The predicted molar refractivity (Wildman–Crippen MR) is 69.0 cm³/mol. The third kappa shape index (κ3) is 3.97. The lowest BCUT2D eigenvalue weighted by Gasteiger charge is -2.17. The van der Waals surface area contributed by atoms with Crippen molar-refractivity contribution in [2.24, 2.45) is 0 Å². The Bertz CT molecular complexity index is 328. The number of nitrogens with one attached hydrogen (secondary N) is 1. The molecule has 1 unspecified atom stereocenters. The first-order valence-electron chi connectivity index (χ1n) is 5.99. The Labute approximate surface area is 103 Å². The van der Waals surface area contributed by atoms with Crippen molar-refractivity contribution in [2.45, 2.75) is 52.5 Å². The predicted octanol–water partition coefficient (Wildman–Crippen LogP) is 3.68. The minimum absolute atomic E-state index is 0.473. The van der Waals surface area contributed by atoms with Gasteiger partial charge in [-0.2, -0.15) is 0 Å². The second-order valence-corrected chi connectivity index (χ2v) is 4.27. The van der Waals surface area contributed by atoms with E-state index in [0.29, 0.717) is 11.2 Å².